The molecule has 29 heavy (non-hydrogen) atoms. The number of amides is 1. The van der Waals surface area contributed by atoms with Crippen LogP contribution in [-0.4, -0.2) is 29.2 Å². The first-order valence-corrected chi connectivity index (χ1v) is 9.11. The number of rotatable bonds is 6. The standard InChI is InChI=1S/C22H18FN3O3/c1-14-20-18(21(27)24-11-12-28-17-5-3-2-4-6-17)13-19(25-22(20)29-26-14)15-7-9-16(23)10-8-15/h2-10,13H,11-12H2,1H3,(H,24,27). The Balaban J connectivity index is 1.55. The lowest BCUT2D eigenvalue weighted by Crippen LogP contribution is -2.28. The van der Waals surface area contributed by atoms with Gasteiger partial charge in [-0.2, -0.15) is 0 Å². The van der Waals surface area contributed by atoms with Gasteiger partial charge in [0.25, 0.3) is 11.6 Å². The van der Waals surface area contributed by atoms with E-state index >= 15 is 0 Å². The van der Waals surface area contributed by atoms with E-state index in [0.717, 1.165) is 5.75 Å². The zero-order chi connectivity index (χ0) is 20.2. The minimum atomic E-state index is -0.346. The minimum absolute atomic E-state index is 0.259. The van der Waals surface area contributed by atoms with Crippen molar-refractivity contribution >= 4 is 17.0 Å². The number of nitrogens with zero attached hydrogens (tertiary/aromatic N) is 2. The summed E-state index contributed by atoms with van der Waals surface area (Å²) in [7, 11) is 0. The third kappa shape index (κ3) is 4.08. The normalized spacial score (nSPS) is 10.8. The summed E-state index contributed by atoms with van der Waals surface area (Å²) in [5.41, 5.74) is 2.40. The Kier molecular flexibility index (Phi) is 5.20. The van der Waals surface area contributed by atoms with Crippen LogP contribution in [0, 0.1) is 12.7 Å². The third-order valence-electron chi connectivity index (χ3n) is 4.40. The van der Waals surface area contributed by atoms with Crippen LogP contribution in [0.1, 0.15) is 16.1 Å². The first-order valence-electron chi connectivity index (χ1n) is 9.11. The molecule has 0 atom stereocenters. The highest BCUT2D eigenvalue weighted by atomic mass is 19.1. The predicted molar refractivity (Wildman–Crippen MR) is 106 cm³/mol. The number of hydrogen-bond donors (Lipinski definition) is 1. The number of carbonyl (C=O) groups excluding carboxylic acids is 1. The number of ether oxygens (including phenoxy) is 1. The second-order valence-electron chi connectivity index (χ2n) is 6.43. The van der Waals surface area contributed by atoms with E-state index in [1.807, 2.05) is 30.3 Å². The van der Waals surface area contributed by atoms with Crippen LogP contribution in [-0.2, 0) is 0 Å². The van der Waals surface area contributed by atoms with Gasteiger partial charge in [-0.25, -0.2) is 9.37 Å². The molecule has 0 bridgehead atoms. The first kappa shape index (κ1) is 18.6. The molecule has 6 nitrogen and oxygen atoms in total. The highest BCUT2D eigenvalue weighted by Gasteiger charge is 2.19. The van der Waals surface area contributed by atoms with E-state index in [4.69, 9.17) is 9.26 Å². The topological polar surface area (TPSA) is 77.2 Å². The van der Waals surface area contributed by atoms with Crippen molar-refractivity contribution in [3.63, 3.8) is 0 Å². The number of para-hydroxylation sites is 1. The minimum Gasteiger partial charge on any atom is -0.492 e. The van der Waals surface area contributed by atoms with Gasteiger partial charge in [-0.1, -0.05) is 23.4 Å². The van der Waals surface area contributed by atoms with Gasteiger partial charge in [-0.3, -0.25) is 4.79 Å². The fourth-order valence-corrected chi connectivity index (χ4v) is 2.99. The largest absolute Gasteiger partial charge is 0.492 e. The Labute approximate surface area is 166 Å². The van der Waals surface area contributed by atoms with Gasteiger partial charge >= 0.3 is 0 Å². The molecule has 0 unspecified atom stereocenters. The summed E-state index contributed by atoms with van der Waals surface area (Å²) in [6.45, 7) is 2.41. The molecule has 4 aromatic rings. The van der Waals surface area contributed by atoms with Crippen LogP contribution in [0.5, 0.6) is 5.75 Å². The summed E-state index contributed by atoms with van der Waals surface area (Å²) in [6, 6.07) is 16.9. The fraction of sp³-hybridized carbons (Fsp3) is 0.136. The van der Waals surface area contributed by atoms with Crippen LogP contribution in [0.15, 0.2) is 65.2 Å². The second kappa shape index (κ2) is 8.10. The summed E-state index contributed by atoms with van der Waals surface area (Å²) >= 11 is 0. The number of benzene rings is 2. The average molecular weight is 391 g/mol. The quantitative estimate of drug-likeness (QED) is 0.500. The van der Waals surface area contributed by atoms with Crippen molar-refractivity contribution in [1.29, 1.82) is 0 Å². The Morgan fingerprint density at radius 1 is 1.14 bits per heavy atom. The van der Waals surface area contributed by atoms with Crippen molar-refractivity contribution in [1.82, 2.24) is 15.5 Å². The molecule has 0 fully saturated rings. The van der Waals surface area contributed by atoms with Crippen LogP contribution in [0.2, 0.25) is 0 Å². The summed E-state index contributed by atoms with van der Waals surface area (Å²) < 4.78 is 24.1. The molecule has 0 saturated heterocycles. The molecule has 0 aliphatic rings. The maximum atomic E-state index is 13.2. The first-order chi connectivity index (χ1) is 14.1. The molecule has 1 N–H and O–H groups in total. The van der Waals surface area contributed by atoms with Crippen LogP contribution >= 0.6 is 0 Å². The van der Waals surface area contributed by atoms with Gasteiger partial charge in [0.1, 0.15) is 18.2 Å². The van der Waals surface area contributed by atoms with Crippen molar-refractivity contribution in [2.75, 3.05) is 13.2 Å². The Morgan fingerprint density at radius 2 is 1.90 bits per heavy atom. The molecule has 2 aromatic carbocycles. The van der Waals surface area contributed by atoms with Gasteiger partial charge in [0, 0.05) is 5.56 Å². The number of nitrogens with one attached hydrogen (secondary N) is 1. The molecule has 146 valence electrons. The third-order valence-corrected chi connectivity index (χ3v) is 4.40. The predicted octanol–water partition coefficient (Wildman–Crippen LogP) is 4.15. The van der Waals surface area contributed by atoms with E-state index < -0.39 is 0 Å². The number of hydrogen-bond acceptors (Lipinski definition) is 5. The molecule has 0 radical (unpaired) electrons. The number of pyridine rings is 1. The maximum absolute atomic E-state index is 13.2. The summed E-state index contributed by atoms with van der Waals surface area (Å²) in [5.74, 6) is 0.104. The van der Waals surface area contributed by atoms with Gasteiger partial charge < -0.3 is 14.6 Å². The van der Waals surface area contributed by atoms with E-state index in [-0.39, 0.29) is 17.4 Å². The number of aromatic nitrogens is 2. The average Bonchev–Trinajstić information content (AvgIpc) is 3.12. The highest BCUT2D eigenvalue weighted by Crippen LogP contribution is 2.27. The molecule has 1 amide bonds. The Hall–Kier alpha value is -3.74. The van der Waals surface area contributed by atoms with Crippen LogP contribution in [0.4, 0.5) is 4.39 Å². The maximum Gasteiger partial charge on any atom is 0.259 e. The van der Waals surface area contributed by atoms with Gasteiger partial charge in [0.05, 0.1) is 28.9 Å². The number of halogens is 1. The number of aryl methyl sites for hydroxylation is 1. The van der Waals surface area contributed by atoms with Crippen molar-refractivity contribution in [2.45, 2.75) is 6.92 Å². The lowest BCUT2D eigenvalue weighted by molar-refractivity contribution is 0.0948. The smallest absolute Gasteiger partial charge is 0.259 e. The van der Waals surface area contributed by atoms with Gasteiger partial charge in [-0.15, -0.1) is 0 Å². The van der Waals surface area contributed by atoms with E-state index in [1.165, 1.54) is 12.1 Å². The Morgan fingerprint density at radius 3 is 2.66 bits per heavy atom. The zero-order valence-electron chi connectivity index (χ0n) is 15.7. The lowest BCUT2D eigenvalue weighted by atomic mass is 10.1. The number of fused-ring (bicyclic) bond motifs is 1. The van der Waals surface area contributed by atoms with Crippen molar-refractivity contribution in [3.05, 3.63) is 77.7 Å². The van der Waals surface area contributed by atoms with Crippen molar-refractivity contribution < 1.29 is 18.4 Å². The SMILES string of the molecule is Cc1noc2nc(-c3ccc(F)cc3)cc(C(=O)NCCOc3ccccc3)c12. The van der Waals surface area contributed by atoms with E-state index in [0.29, 0.717) is 41.1 Å². The molecule has 0 spiro atoms. The molecular weight excluding hydrogens is 373 g/mol. The van der Waals surface area contributed by atoms with E-state index in [1.54, 1.807) is 25.1 Å². The molecule has 7 heteroatoms. The molecule has 0 aliphatic carbocycles. The fourth-order valence-electron chi connectivity index (χ4n) is 2.99. The second-order valence-corrected chi connectivity index (χ2v) is 6.43. The van der Waals surface area contributed by atoms with Crippen LogP contribution in [0.25, 0.3) is 22.4 Å². The van der Waals surface area contributed by atoms with E-state index in [9.17, 15) is 9.18 Å². The van der Waals surface area contributed by atoms with Crippen LogP contribution in [0.3, 0.4) is 0 Å². The van der Waals surface area contributed by atoms with Gasteiger partial charge in [0.2, 0.25) is 0 Å². The zero-order valence-corrected chi connectivity index (χ0v) is 15.7. The molecule has 2 heterocycles. The summed E-state index contributed by atoms with van der Waals surface area (Å²) in [6.07, 6.45) is 0. The van der Waals surface area contributed by atoms with E-state index in [2.05, 4.69) is 15.5 Å². The summed E-state index contributed by atoms with van der Waals surface area (Å²) in [5, 5.41) is 7.32. The van der Waals surface area contributed by atoms with Crippen molar-refractivity contribution in [2.24, 2.45) is 0 Å². The molecule has 2 aromatic heterocycles. The number of carbonyl (C=O) groups is 1. The lowest BCUT2D eigenvalue weighted by Gasteiger charge is -2.09. The Bertz CT molecular complexity index is 1140. The van der Waals surface area contributed by atoms with Crippen LogP contribution < -0.4 is 10.1 Å². The molecule has 0 aliphatic heterocycles. The molecule has 0 saturated carbocycles. The monoisotopic (exact) mass is 391 g/mol. The van der Waals surface area contributed by atoms with Gasteiger partial charge in [-0.05, 0) is 49.4 Å². The molecular formula is C22H18FN3O3. The van der Waals surface area contributed by atoms with Crippen molar-refractivity contribution in [3.8, 4) is 17.0 Å². The van der Waals surface area contributed by atoms with Gasteiger partial charge in [0.15, 0.2) is 0 Å². The molecule has 4 rings (SSSR count). The highest BCUT2D eigenvalue weighted by molar-refractivity contribution is 6.07. The summed E-state index contributed by atoms with van der Waals surface area (Å²) in [4.78, 5) is 17.3.